The molecule has 0 aliphatic rings. The lowest BCUT2D eigenvalue weighted by Crippen LogP contribution is -2.33. The molecule has 1 aromatic heterocycles. The van der Waals surface area contributed by atoms with Crippen molar-refractivity contribution in [1.82, 2.24) is 10.3 Å². The summed E-state index contributed by atoms with van der Waals surface area (Å²) in [5.74, 6) is 0.566. The molecule has 3 aromatic rings. The Balaban J connectivity index is 1.79. The first kappa shape index (κ1) is 17.9. The number of ether oxygens (including phenoxy) is 1. The first-order valence-corrected chi connectivity index (χ1v) is 8.75. The van der Waals surface area contributed by atoms with E-state index in [-0.39, 0.29) is 6.04 Å². The van der Waals surface area contributed by atoms with Crippen molar-refractivity contribution >= 4 is 23.0 Å². The van der Waals surface area contributed by atoms with Crippen molar-refractivity contribution in [2.24, 2.45) is 0 Å². The van der Waals surface area contributed by atoms with Gasteiger partial charge in [-0.3, -0.25) is 0 Å². The maximum Gasteiger partial charge on any atom is 0.213 e. The van der Waals surface area contributed by atoms with Crippen LogP contribution in [-0.4, -0.2) is 17.2 Å². The fraction of sp³-hybridized carbons (Fsp3) is 0.143. The Hall–Kier alpha value is -2.92. The molecular weight excluding hydrogens is 342 g/mol. The van der Waals surface area contributed by atoms with Gasteiger partial charge in [-0.15, -0.1) is 0 Å². The average molecular weight is 363 g/mol. The van der Waals surface area contributed by atoms with Crippen molar-refractivity contribution in [3.8, 4) is 5.88 Å². The van der Waals surface area contributed by atoms with Crippen LogP contribution in [0.5, 0.6) is 5.88 Å². The summed E-state index contributed by atoms with van der Waals surface area (Å²) in [7, 11) is 1.59. The molecule has 2 N–H and O–H groups in total. The van der Waals surface area contributed by atoms with Gasteiger partial charge in [0.05, 0.1) is 25.0 Å². The monoisotopic (exact) mass is 363 g/mol. The van der Waals surface area contributed by atoms with E-state index in [1.54, 1.807) is 19.4 Å². The summed E-state index contributed by atoms with van der Waals surface area (Å²) in [6.07, 6.45) is 1.69. The molecule has 4 nitrogen and oxygen atoms in total. The van der Waals surface area contributed by atoms with Crippen LogP contribution in [0.25, 0.3) is 0 Å². The Labute approximate surface area is 159 Å². The highest BCUT2D eigenvalue weighted by atomic mass is 32.1. The predicted molar refractivity (Wildman–Crippen MR) is 110 cm³/mol. The van der Waals surface area contributed by atoms with Crippen LogP contribution in [0.1, 0.15) is 22.7 Å². The van der Waals surface area contributed by atoms with Gasteiger partial charge in [-0.2, -0.15) is 0 Å². The van der Waals surface area contributed by atoms with Gasteiger partial charge in [0.25, 0.3) is 0 Å². The number of hydrogen-bond donors (Lipinski definition) is 2. The van der Waals surface area contributed by atoms with Crippen LogP contribution in [0.3, 0.4) is 0 Å². The third-order valence-electron chi connectivity index (χ3n) is 3.99. The maximum atomic E-state index is 5.53. The van der Waals surface area contributed by atoms with E-state index in [2.05, 4.69) is 58.9 Å². The topological polar surface area (TPSA) is 46.2 Å². The quantitative estimate of drug-likeness (QED) is 0.655. The molecule has 0 saturated heterocycles. The summed E-state index contributed by atoms with van der Waals surface area (Å²) in [6, 6.07) is 22.3. The van der Waals surface area contributed by atoms with Gasteiger partial charge in [0, 0.05) is 6.07 Å². The van der Waals surface area contributed by atoms with Gasteiger partial charge in [-0.25, -0.2) is 4.98 Å². The van der Waals surface area contributed by atoms with Crippen molar-refractivity contribution in [2.45, 2.75) is 13.0 Å². The normalized spacial score (nSPS) is 11.5. The van der Waals surface area contributed by atoms with Crippen molar-refractivity contribution in [3.63, 3.8) is 0 Å². The Morgan fingerprint density at radius 1 is 1.00 bits per heavy atom. The molecule has 0 bridgehead atoms. The molecule has 5 heteroatoms. The number of nitrogens with zero attached hydrogens (tertiary/aromatic N) is 1. The smallest absolute Gasteiger partial charge is 0.213 e. The fourth-order valence-corrected chi connectivity index (χ4v) is 2.96. The summed E-state index contributed by atoms with van der Waals surface area (Å²) >= 11 is 5.53. The summed E-state index contributed by atoms with van der Waals surface area (Å²) in [6.45, 7) is 2.09. The molecule has 2 aromatic carbocycles. The third kappa shape index (κ3) is 4.58. The summed E-state index contributed by atoms with van der Waals surface area (Å²) in [5, 5.41) is 7.13. The lowest BCUT2D eigenvalue weighted by atomic mass is 9.97. The minimum Gasteiger partial charge on any atom is -0.481 e. The van der Waals surface area contributed by atoms with Gasteiger partial charge < -0.3 is 15.4 Å². The van der Waals surface area contributed by atoms with E-state index in [0.29, 0.717) is 11.0 Å². The van der Waals surface area contributed by atoms with E-state index in [4.69, 9.17) is 17.0 Å². The van der Waals surface area contributed by atoms with Crippen molar-refractivity contribution in [3.05, 3.63) is 89.6 Å². The number of pyridine rings is 1. The van der Waals surface area contributed by atoms with Crippen molar-refractivity contribution in [1.29, 1.82) is 0 Å². The van der Waals surface area contributed by atoms with Gasteiger partial charge in [0.1, 0.15) is 0 Å². The highest BCUT2D eigenvalue weighted by Gasteiger charge is 2.15. The second-order valence-corrected chi connectivity index (χ2v) is 6.35. The minimum atomic E-state index is -0.0395. The largest absolute Gasteiger partial charge is 0.481 e. The number of aryl methyl sites for hydroxylation is 1. The van der Waals surface area contributed by atoms with E-state index in [1.807, 2.05) is 24.3 Å². The van der Waals surface area contributed by atoms with Crippen LogP contribution < -0.4 is 15.4 Å². The lowest BCUT2D eigenvalue weighted by Gasteiger charge is -2.22. The number of benzene rings is 2. The van der Waals surface area contributed by atoms with Gasteiger partial charge in [0.2, 0.25) is 5.88 Å². The molecule has 0 amide bonds. The minimum absolute atomic E-state index is 0.0395. The van der Waals surface area contributed by atoms with Crippen LogP contribution in [0.2, 0.25) is 0 Å². The zero-order valence-electron chi connectivity index (χ0n) is 14.8. The van der Waals surface area contributed by atoms with E-state index >= 15 is 0 Å². The first-order valence-electron chi connectivity index (χ1n) is 8.35. The Morgan fingerprint density at radius 3 is 2.42 bits per heavy atom. The summed E-state index contributed by atoms with van der Waals surface area (Å²) in [5.41, 5.74) is 4.33. The molecule has 0 aliphatic carbocycles. The van der Waals surface area contributed by atoms with Crippen LogP contribution in [0.4, 0.5) is 5.69 Å². The summed E-state index contributed by atoms with van der Waals surface area (Å²) in [4.78, 5) is 4.19. The molecule has 1 unspecified atom stereocenters. The number of anilines is 1. The predicted octanol–water partition coefficient (Wildman–Crippen LogP) is 4.47. The number of hydrogen-bond acceptors (Lipinski definition) is 3. The standard InChI is InChI=1S/C21H21N3OS/c1-15-7-6-10-17(13-15)20(16-8-4-3-5-9-16)24-21(26)23-18-11-12-19(25-2)22-14-18/h3-14,20H,1-2H3,(H2,23,24,26). The van der Waals surface area contributed by atoms with Crippen molar-refractivity contribution in [2.75, 3.05) is 12.4 Å². The average Bonchev–Trinajstić information content (AvgIpc) is 2.67. The SMILES string of the molecule is COc1ccc(NC(=S)NC(c2ccccc2)c2cccc(C)c2)cn1. The second-order valence-electron chi connectivity index (χ2n) is 5.95. The molecule has 3 rings (SSSR count). The van der Waals surface area contributed by atoms with Gasteiger partial charge in [-0.1, -0.05) is 60.2 Å². The molecule has 0 fully saturated rings. The highest BCUT2D eigenvalue weighted by molar-refractivity contribution is 7.80. The molecule has 1 heterocycles. The van der Waals surface area contributed by atoms with E-state index < -0.39 is 0 Å². The van der Waals surface area contributed by atoms with Crippen LogP contribution >= 0.6 is 12.2 Å². The van der Waals surface area contributed by atoms with Gasteiger partial charge >= 0.3 is 0 Å². The molecule has 0 aliphatic heterocycles. The molecule has 132 valence electrons. The van der Waals surface area contributed by atoms with Gasteiger partial charge in [-0.05, 0) is 36.3 Å². The van der Waals surface area contributed by atoms with E-state index in [9.17, 15) is 0 Å². The third-order valence-corrected chi connectivity index (χ3v) is 4.21. The molecule has 26 heavy (non-hydrogen) atoms. The fourth-order valence-electron chi connectivity index (χ4n) is 2.73. The molecule has 0 saturated carbocycles. The zero-order valence-corrected chi connectivity index (χ0v) is 15.6. The van der Waals surface area contributed by atoms with Crippen LogP contribution in [0, 0.1) is 6.92 Å². The Bertz CT molecular complexity index is 866. The van der Waals surface area contributed by atoms with Crippen molar-refractivity contribution < 1.29 is 4.74 Å². The Morgan fingerprint density at radius 2 is 1.77 bits per heavy atom. The number of thiocarbonyl (C=S) groups is 1. The van der Waals surface area contributed by atoms with Crippen LogP contribution in [0.15, 0.2) is 72.9 Å². The number of methoxy groups -OCH3 is 1. The summed E-state index contributed by atoms with van der Waals surface area (Å²) < 4.78 is 5.08. The lowest BCUT2D eigenvalue weighted by molar-refractivity contribution is 0.398. The maximum absolute atomic E-state index is 5.53. The second kappa shape index (κ2) is 8.45. The zero-order chi connectivity index (χ0) is 18.4. The van der Waals surface area contributed by atoms with E-state index in [1.165, 1.54) is 5.56 Å². The molecule has 1 atom stereocenters. The number of nitrogens with one attached hydrogen (secondary N) is 2. The molecule has 0 radical (unpaired) electrons. The first-order chi connectivity index (χ1) is 12.7. The molecule has 0 spiro atoms. The molecular formula is C21H21N3OS. The Kier molecular flexibility index (Phi) is 5.81. The van der Waals surface area contributed by atoms with E-state index in [0.717, 1.165) is 16.8 Å². The number of aromatic nitrogens is 1. The van der Waals surface area contributed by atoms with Gasteiger partial charge in [0.15, 0.2) is 5.11 Å². The highest BCUT2D eigenvalue weighted by Crippen LogP contribution is 2.23. The van der Waals surface area contributed by atoms with Crippen LogP contribution in [-0.2, 0) is 0 Å². The number of rotatable bonds is 5.